The molecule has 1 rings (SSSR count). The summed E-state index contributed by atoms with van der Waals surface area (Å²) < 4.78 is 4.66. The summed E-state index contributed by atoms with van der Waals surface area (Å²) in [6.45, 7) is 0.112. The number of carboxylic acids is 1. The highest BCUT2D eigenvalue weighted by Gasteiger charge is 2.20. The number of aliphatic carboxylic acids is 1. The Bertz CT molecular complexity index is 266. The van der Waals surface area contributed by atoms with Gasteiger partial charge in [0.1, 0.15) is 19.0 Å². The molecule has 1 N–H and O–H groups in total. The number of carbonyl (C=O) groups is 3. The van der Waals surface area contributed by atoms with Gasteiger partial charge in [-0.15, -0.1) is 0 Å². The van der Waals surface area contributed by atoms with Crippen molar-refractivity contribution in [3.8, 4) is 0 Å². The molecule has 1 aliphatic heterocycles. The lowest BCUT2D eigenvalue weighted by Crippen LogP contribution is -2.40. The molecule has 0 atom stereocenters. The molecule has 0 aromatic heterocycles. The van der Waals surface area contributed by atoms with Crippen molar-refractivity contribution in [2.45, 2.75) is 12.8 Å². The summed E-state index contributed by atoms with van der Waals surface area (Å²) in [6, 6.07) is 0. The molecule has 0 bridgehead atoms. The number of carboxylic acid groups (broad SMARTS) is 1. The molecule has 6 heteroatoms. The molecule has 15 heavy (non-hydrogen) atoms. The van der Waals surface area contributed by atoms with Gasteiger partial charge in [-0.05, 0) is 0 Å². The van der Waals surface area contributed by atoms with Gasteiger partial charge in [-0.3, -0.25) is 9.59 Å². The van der Waals surface area contributed by atoms with Gasteiger partial charge in [0, 0.05) is 25.9 Å². The second kappa shape index (κ2) is 5.45. The summed E-state index contributed by atoms with van der Waals surface area (Å²) in [5.74, 6) is -1.20. The zero-order valence-electron chi connectivity index (χ0n) is 8.27. The normalized spacial score (nSPS) is 16.5. The molecule has 0 saturated carbocycles. The van der Waals surface area contributed by atoms with Gasteiger partial charge < -0.3 is 14.7 Å². The molecule has 0 aliphatic carbocycles. The van der Waals surface area contributed by atoms with Crippen LogP contribution in [-0.4, -0.2) is 54.0 Å². The Morgan fingerprint density at radius 2 is 1.87 bits per heavy atom. The van der Waals surface area contributed by atoms with Crippen LogP contribution < -0.4 is 0 Å². The second-order valence-electron chi connectivity index (χ2n) is 3.31. The van der Waals surface area contributed by atoms with Gasteiger partial charge in [0.15, 0.2) is 0 Å². The third kappa shape index (κ3) is 4.07. The van der Waals surface area contributed by atoms with E-state index in [1.807, 2.05) is 0 Å². The van der Waals surface area contributed by atoms with E-state index in [2.05, 4.69) is 4.74 Å². The summed E-state index contributed by atoms with van der Waals surface area (Å²) in [6.07, 6.45) is 0.759. The van der Waals surface area contributed by atoms with Gasteiger partial charge in [0.05, 0.1) is 0 Å². The maximum Gasteiger partial charge on any atom is 0.329 e. The summed E-state index contributed by atoms with van der Waals surface area (Å²) in [4.78, 5) is 33.9. The van der Waals surface area contributed by atoms with Crippen LogP contribution in [0.25, 0.3) is 0 Å². The average molecular weight is 215 g/mol. The van der Waals surface area contributed by atoms with Crippen molar-refractivity contribution in [2.75, 3.05) is 26.3 Å². The van der Waals surface area contributed by atoms with E-state index in [0.717, 1.165) is 0 Å². The second-order valence-corrected chi connectivity index (χ2v) is 3.31. The number of likely N-dealkylation sites (tertiary alicyclic amines) is 1. The van der Waals surface area contributed by atoms with E-state index in [4.69, 9.17) is 5.11 Å². The lowest BCUT2D eigenvalue weighted by molar-refractivity contribution is -0.146. The smallest absolute Gasteiger partial charge is 0.329 e. The Morgan fingerprint density at radius 1 is 1.27 bits per heavy atom. The predicted molar refractivity (Wildman–Crippen MR) is 49.3 cm³/mol. The van der Waals surface area contributed by atoms with Gasteiger partial charge in [-0.25, -0.2) is 4.79 Å². The summed E-state index contributed by atoms with van der Waals surface area (Å²) >= 11 is 0. The Morgan fingerprint density at radius 3 is 2.40 bits per heavy atom. The SMILES string of the molecule is O=C(O)COCC(=O)N1CCC(=O)CC1. The Balaban J connectivity index is 2.22. The Kier molecular flexibility index (Phi) is 4.23. The number of piperidine rings is 1. The van der Waals surface area contributed by atoms with Crippen LogP contribution in [0.15, 0.2) is 0 Å². The van der Waals surface area contributed by atoms with E-state index in [-0.39, 0.29) is 18.3 Å². The number of hydrogen-bond donors (Lipinski definition) is 1. The van der Waals surface area contributed by atoms with Crippen LogP contribution in [0.2, 0.25) is 0 Å². The van der Waals surface area contributed by atoms with Crippen molar-refractivity contribution >= 4 is 17.7 Å². The summed E-state index contributed by atoms with van der Waals surface area (Å²) in [5.41, 5.74) is 0. The van der Waals surface area contributed by atoms with Crippen molar-refractivity contribution in [2.24, 2.45) is 0 Å². The quantitative estimate of drug-likeness (QED) is 0.669. The van der Waals surface area contributed by atoms with Crippen LogP contribution in [0.4, 0.5) is 0 Å². The fraction of sp³-hybridized carbons (Fsp3) is 0.667. The number of ether oxygens (including phenoxy) is 1. The maximum absolute atomic E-state index is 11.4. The van der Waals surface area contributed by atoms with Gasteiger partial charge in [0.25, 0.3) is 0 Å². The summed E-state index contributed by atoms with van der Waals surface area (Å²) in [7, 11) is 0. The first-order chi connectivity index (χ1) is 7.09. The number of Topliss-reactive ketones (excluding diaryl/α,β-unsaturated/α-hetero) is 1. The lowest BCUT2D eigenvalue weighted by Gasteiger charge is -2.25. The number of amides is 1. The van der Waals surface area contributed by atoms with Crippen molar-refractivity contribution in [1.82, 2.24) is 4.90 Å². The largest absolute Gasteiger partial charge is 0.480 e. The van der Waals surface area contributed by atoms with Crippen LogP contribution in [-0.2, 0) is 19.1 Å². The van der Waals surface area contributed by atoms with Crippen molar-refractivity contribution in [3.05, 3.63) is 0 Å². The molecule has 1 saturated heterocycles. The van der Waals surface area contributed by atoms with Gasteiger partial charge in [-0.2, -0.15) is 0 Å². The molecule has 1 aliphatic rings. The topological polar surface area (TPSA) is 83.9 Å². The molecule has 0 radical (unpaired) electrons. The zero-order chi connectivity index (χ0) is 11.3. The maximum atomic E-state index is 11.4. The number of nitrogens with zero attached hydrogens (tertiary/aromatic N) is 1. The number of ketones is 1. The average Bonchev–Trinajstić information content (AvgIpc) is 2.18. The molecule has 0 unspecified atom stereocenters. The van der Waals surface area contributed by atoms with Crippen LogP contribution in [0.5, 0.6) is 0 Å². The standard InChI is InChI=1S/C9H13NO5/c11-7-1-3-10(4-2-7)8(12)5-15-6-9(13)14/h1-6H2,(H,13,14). The first-order valence-electron chi connectivity index (χ1n) is 4.68. The molecule has 0 aromatic carbocycles. The minimum Gasteiger partial charge on any atom is -0.480 e. The number of hydrogen-bond acceptors (Lipinski definition) is 4. The highest BCUT2D eigenvalue weighted by molar-refractivity contribution is 5.84. The van der Waals surface area contributed by atoms with Crippen LogP contribution in [0, 0.1) is 0 Å². The minimum absolute atomic E-state index is 0.158. The van der Waals surface area contributed by atoms with Gasteiger partial charge in [-0.1, -0.05) is 0 Å². The number of rotatable bonds is 4. The lowest BCUT2D eigenvalue weighted by atomic mass is 10.1. The van der Waals surface area contributed by atoms with E-state index in [9.17, 15) is 14.4 Å². The highest BCUT2D eigenvalue weighted by atomic mass is 16.5. The van der Waals surface area contributed by atoms with Crippen molar-refractivity contribution in [3.63, 3.8) is 0 Å². The molecule has 0 spiro atoms. The molecular weight excluding hydrogens is 202 g/mol. The number of carbonyl (C=O) groups excluding carboxylic acids is 2. The summed E-state index contributed by atoms with van der Waals surface area (Å²) in [5, 5.41) is 8.28. The Hall–Kier alpha value is -1.43. The molecule has 6 nitrogen and oxygen atoms in total. The predicted octanol–water partition coefficient (Wildman–Crippen LogP) is -0.721. The van der Waals surface area contributed by atoms with E-state index >= 15 is 0 Å². The molecule has 1 fully saturated rings. The van der Waals surface area contributed by atoms with E-state index in [1.165, 1.54) is 4.90 Å². The van der Waals surface area contributed by atoms with E-state index in [0.29, 0.717) is 25.9 Å². The monoisotopic (exact) mass is 215 g/mol. The van der Waals surface area contributed by atoms with Crippen molar-refractivity contribution < 1.29 is 24.2 Å². The van der Waals surface area contributed by atoms with Crippen molar-refractivity contribution in [1.29, 1.82) is 0 Å². The minimum atomic E-state index is -1.10. The van der Waals surface area contributed by atoms with Crippen LogP contribution >= 0.6 is 0 Å². The molecule has 1 amide bonds. The first kappa shape index (κ1) is 11.6. The van der Waals surface area contributed by atoms with Gasteiger partial charge in [0.2, 0.25) is 5.91 Å². The Labute approximate surface area is 86.8 Å². The molecule has 0 aromatic rings. The highest BCUT2D eigenvalue weighted by Crippen LogP contribution is 2.05. The first-order valence-corrected chi connectivity index (χ1v) is 4.68. The van der Waals surface area contributed by atoms with Crippen LogP contribution in [0.1, 0.15) is 12.8 Å². The molecule has 1 heterocycles. The zero-order valence-corrected chi connectivity index (χ0v) is 8.27. The third-order valence-electron chi connectivity index (χ3n) is 2.12. The molecular formula is C9H13NO5. The fourth-order valence-corrected chi connectivity index (χ4v) is 1.32. The van der Waals surface area contributed by atoms with E-state index < -0.39 is 12.6 Å². The van der Waals surface area contributed by atoms with Gasteiger partial charge >= 0.3 is 5.97 Å². The van der Waals surface area contributed by atoms with Crippen LogP contribution in [0.3, 0.4) is 0 Å². The third-order valence-corrected chi connectivity index (χ3v) is 2.12. The van der Waals surface area contributed by atoms with E-state index in [1.54, 1.807) is 0 Å². The fourth-order valence-electron chi connectivity index (χ4n) is 1.32. The molecule has 84 valence electrons.